The number of carboxylic acid groups (broad SMARTS) is 1. The Balaban J connectivity index is 2.09. The predicted octanol–water partition coefficient (Wildman–Crippen LogP) is -0.0311. The van der Waals surface area contributed by atoms with Crippen molar-refractivity contribution in [2.75, 3.05) is 6.79 Å². The lowest BCUT2D eigenvalue weighted by Gasteiger charge is -2.23. The molecule has 0 aromatic carbocycles. The van der Waals surface area contributed by atoms with E-state index in [4.69, 9.17) is 5.11 Å². The van der Waals surface area contributed by atoms with Gasteiger partial charge in [0.1, 0.15) is 0 Å². The molecule has 5 nitrogen and oxygen atoms in total. The van der Waals surface area contributed by atoms with E-state index < -0.39 is 12.6 Å². The van der Waals surface area contributed by atoms with Crippen molar-refractivity contribution in [3.8, 4) is 0 Å². The fourth-order valence-electron chi connectivity index (χ4n) is 0.274. The first-order chi connectivity index (χ1) is 3.79. The van der Waals surface area contributed by atoms with Crippen LogP contribution in [-0.2, 0) is 14.2 Å². The Morgan fingerprint density at radius 3 is 2.50 bits per heavy atom. The second-order valence-electron chi connectivity index (χ2n) is 1.12. The molecule has 1 heterocycles. The van der Waals surface area contributed by atoms with E-state index in [2.05, 4.69) is 14.2 Å². The summed E-state index contributed by atoms with van der Waals surface area (Å²) in [5.41, 5.74) is 0. The second-order valence-corrected chi connectivity index (χ2v) is 1.12. The molecule has 0 aromatic heterocycles. The molecule has 0 spiro atoms. The van der Waals surface area contributed by atoms with Crippen molar-refractivity contribution in [2.45, 2.75) is 6.48 Å². The molecular formula is C3H4O5. The lowest BCUT2D eigenvalue weighted by atomic mass is 11.0. The van der Waals surface area contributed by atoms with Crippen molar-refractivity contribution < 1.29 is 24.1 Å². The minimum Gasteiger partial charge on any atom is -0.450 e. The largest absolute Gasteiger partial charge is 0.509 e. The number of carbonyl (C=O) groups is 1. The molecule has 1 fully saturated rings. The zero-order valence-electron chi connectivity index (χ0n) is 3.86. The van der Waals surface area contributed by atoms with E-state index in [1.54, 1.807) is 0 Å². The van der Waals surface area contributed by atoms with Crippen molar-refractivity contribution >= 4 is 6.16 Å². The van der Waals surface area contributed by atoms with Crippen LogP contribution in [0.4, 0.5) is 4.79 Å². The van der Waals surface area contributed by atoms with Gasteiger partial charge in [0.25, 0.3) is 0 Å². The minimum atomic E-state index is -1.39. The van der Waals surface area contributed by atoms with Gasteiger partial charge in [0.05, 0.1) is 0 Å². The molecule has 0 radical (unpaired) electrons. The van der Waals surface area contributed by atoms with Gasteiger partial charge in [0.2, 0.25) is 0 Å². The summed E-state index contributed by atoms with van der Waals surface area (Å²) >= 11 is 0. The molecular weight excluding hydrogens is 116 g/mol. The fourth-order valence-corrected chi connectivity index (χ4v) is 0.274. The maximum Gasteiger partial charge on any atom is 0.509 e. The lowest BCUT2D eigenvalue weighted by molar-refractivity contribution is -0.405. The predicted molar refractivity (Wildman–Crippen MR) is 19.9 cm³/mol. The Morgan fingerprint density at radius 1 is 1.75 bits per heavy atom. The second kappa shape index (κ2) is 1.97. The molecule has 5 heteroatoms. The van der Waals surface area contributed by atoms with E-state index in [0.717, 1.165) is 0 Å². The molecule has 1 N–H and O–H groups in total. The first-order valence-electron chi connectivity index (χ1n) is 1.92. The van der Waals surface area contributed by atoms with Crippen molar-refractivity contribution in [2.24, 2.45) is 0 Å². The zero-order chi connectivity index (χ0) is 5.98. The summed E-state index contributed by atoms with van der Waals surface area (Å²) in [7, 11) is 0. The van der Waals surface area contributed by atoms with Crippen LogP contribution < -0.4 is 0 Å². The number of rotatable bonds is 1. The SMILES string of the molecule is O=C(O)OC1OCO1. The zero-order valence-corrected chi connectivity index (χ0v) is 3.86. The summed E-state index contributed by atoms with van der Waals surface area (Å²) in [6.07, 6.45) is -1.39. The van der Waals surface area contributed by atoms with Crippen LogP contribution in [0.2, 0.25) is 0 Å². The molecule has 0 aliphatic carbocycles. The first kappa shape index (κ1) is 5.33. The Morgan fingerprint density at radius 2 is 2.38 bits per heavy atom. The average Bonchev–Trinajstić information content (AvgIpc) is 1.55. The van der Waals surface area contributed by atoms with Crippen LogP contribution in [0.15, 0.2) is 0 Å². The third-order valence-electron chi connectivity index (χ3n) is 0.605. The molecule has 0 atom stereocenters. The molecule has 0 amide bonds. The maximum atomic E-state index is 9.62. The van der Waals surface area contributed by atoms with Crippen LogP contribution in [0, 0.1) is 0 Å². The highest BCUT2D eigenvalue weighted by Crippen LogP contribution is 2.07. The highest BCUT2D eigenvalue weighted by Gasteiger charge is 2.22. The summed E-state index contributed by atoms with van der Waals surface area (Å²) in [6, 6.07) is 0. The van der Waals surface area contributed by atoms with Crippen LogP contribution in [-0.4, -0.2) is 24.5 Å². The topological polar surface area (TPSA) is 65.0 Å². The van der Waals surface area contributed by atoms with E-state index in [-0.39, 0.29) is 6.79 Å². The monoisotopic (exact) mass is 120 g/mol. The first-order valence-corrected chi connectivity index (χ1v) is 1.92. The highest BCUT2D eigenvalue weighted by molar-refractivity contribution is 5.56. The summed E-state index contributed by atoms with van der Waals surface area (Å²) in [6.45, 7) is -0.884. The van der Waals surface area contributed by atoms with Gasteiger partial charge in [0.15, 0.2) is 6.79 Å². The molecule has 8 heavy (non-hydrogen) atoms. The van der Waals surface area contributed by atoms with Gasteiger partial charge in [-0.1, -0.05) is 0 Å². The van der Waals surface area contributed by atoms with Gasteiger partial charge in [0, 0.05) is 0 Å². The van der Waals surface area contributed by atoms with Crippen molar-refractivity contribution in [3.63, 3.8) is 0 Å². The van der Waals surface area contributed by atoms with Gasteiger partial charge in [-0.3, -0.25) is 9.47 Å². The molecule has 1 saturated heterocycles. The third kappa shape index (κ3) is 1.08. The third-order valence-corrected chi connectivity index (χ3v) is 0.605. The van der Waals surface area contributed by atoms with Crippen molar-refractivity contribution in [1.82, 2.24) is 0 Å². The molecule has 1 aliphatic rings. The number of hydrogen-bond donors (Lipinski definition) is 1. The van der Waals surface area contributed by atoms with Crippen molar-refractivity contribution in [3.05, 3.63) is 0 Å². The quantitative estimate of drug-likeness (QED) is 0.492. The Hall–Kier alpha value is -0.810. The molecule has 1 rings (SSSR count). The molecule has 0 unspecified atom stereocenters. The van der Waals surface area contributed by atoms with E-state index in [9.17, 15) is 4.79 Å². The Labute approximate surface area is 44.8 Å². The van der Waals surface area contributed by atoms with Gasteiger partial charge in [-0.05, 0) is 0 Å². The highest BCUT2D eigenvalue weighted by atomic mass is 17.0. The van der Waals surface area contributed by atoms with E-state index in [0.29, 0.717) is 0 Å². The van der Waals surface area contributed by atoms with Gasteiger partial charge >= 0.3 is 12.6 Å². The Kier molecular flexibility index (Phi) is 1.32. The fraction of sp³-hybridized carbons (Fsp3) is 0.667. The lowest BCUT2D eigenvalue weighted by Crippen LogP contribution is -2.34. The molecule has 46 valence electrons. The van der Waals surface area contributed by atoms with Crippen LogP contribution in [0.25, 0.3) is 0 Å². The van der Waals surface area contributed by atoms with E-state index in [1.165, 1.54) is 0 Å². The van der Waals surface area contributed by atoms with Crippen LogP contribution in [0.3, 0.4) is 0 Å². The molecule has 0 bridgehead atoms. The smallest absolute Gasteiger partial charge is 0.450 e. The summed E-state index contributed by atoms with van der Waals surface area (Å²) in [4.78, 5) is 9.62. The Bertz CT molecular complexity index is 95.8. The van der Waals surface area contributed by atoms with Crippen molar-refractivity contribution in [1.29, 1.82) is 0 Å². The summed E-state index contributed by atoms with van der Waals surface area (Å²) in [5.74, 6) is 0. The molecule has 0 saturated carbocycles. The molecule has 0 aromatic rings. The summed E-state index contributed by atoms with van der Waals surface area (Å²) < 4.78 is 12.8. The van der Waals surface area contributed by atoms with E-state index >= 15 is 0 Å². The minimum absolute atomic E-state index is 0.109. The normalized spacial score (nSPS) is 19.5. The maximum absolute atomic E-state index is 9.62. The van der Waals surface area contributed by atoms with Gasteiger partial charge in [-0.15, -0.1) is 0 Å². The number of ether oxygens (including phenoxy) is 3. The summed E-state index contributed by atoms with van der Waals surface area (Å²) in [5, 5.41) is 7.87. The van der Waals surface area contributed by atoms with E-state index in [1.807, 2.05) is 0 Å². The number of hydrogen-bond acceptors (Lipinski definition) is 4. The van der Waals surface area contributed by atoms with Gasteiger partial charge in [-0.25, -0.2) is 4.79 Å². The van der Waals surface area contributed by atoms with Crippen LogP contribution >= 0.6 is 0 Å². The standard InChI is InChI=1S/C3H4O5/c4-2(5)8-3-6-1-7-3/h3H,1H2,(H,4,5). The average molecular weight is 120 g/mol. The van der Waals surface area contributed by atoms with Crippen LogP contribution in [0.1, 0.15) is 0 Å². The molecule has 1 aliphatic heterocycles. The van der Waals surface area contributed by atoms with Gasteiger partial charge < -0.3 is 9.84 Å². The van der Waals surface area contributed by atoms with Gasteiger partial charge in [-0.2, -0.15) is 0 Å². The van der Waals surface area contributed by atoms with Crippen LogP contribution in [0.5, 0.6) is 0 Å².